The molecule has 0 bridgehead atoms. The quantitative estimate of drug-likeness (QED) is 0.801. The summed E-state index contributed by atoms with van der Waals surface area (Å²) in [5, 5.41) is 8.97. The molecule has 0 aliphatic rings. The van der Waals surface area contributed by atoms with Crippen molar-refractivity contribution in [2.45, 2.75) is 40.2 Å². The predicted molar refractivity (Wildman–Crippen MR) is 85.0 cm³/mol. The van der Waals surface area contributed by atoms with Crippen LogP contribution in [0.4, 0.5) is 0 Å². The molecule has 1 aromatic carbocycles. The number of hydrogen-bond acceptors (Lipinski definition) is 3. The third kappa shape index (κ3) is 6.16. The Morgan fingerprint density at radius 3 is 2.36 bits per heavy atom. The van der Waals surface area contributed by atoms with E-state index in [0.717, 1.165) is 5.56 Å². The first-order valence-electron chi connectivity index (χ1n) is 7.53. The molecule has 0 atom stereocenters. The van der Waals surface area contributed by atoms with Crippen LogP contribution < -0.4 is 4.74 Å². The minimum absolute atomic E-state index is 0.0158. The van der Waals surface area contributed by atoms with E-state index in [1.54, 1.807) is 0 Å². The van der Waals surface area contributed by atoms with E-state index in [-0.39, 0.29) is 30.9 Å². The van der Waals surface area contributed by atoms with Gasteiger partial charge in [-0.3, -0.25) is 9.59 Å². The van der Waals surface area contributed by atoms with Crippen LogP contribution in [-0.4, -0.2) is 41.1 Å². The normalized spacial score (nSPS) is 10.8. The zero-order valence-corrected chi connectivity index (χ0v) is 13.7. The highest BCUT2D eigenvalue weighted by Crippen LogP contribution is 2.20. The number of carbonyl (C=O) groups is 2. The van der Waals surface area contributed by atoms with Crippen LogP contribution in [0.5, 0.6) is 5.75 Å². The molecule has 0 fully saturated rings. The molecule has 1 aromatic rings. The van der Waals surface area contributed by atoms with Gasteiger partial charge in [-0.1, -0.05) is 32.0 Å². The van der Waals surface area contributed by atoms with E-state index in [2.05, 4.69) is 0 Å². The van der Waals surface area contributed by atoms with Crippen molar-refractivity contribution in [3.63, 3.8) is 0 Å². The van der Waals surface area contributed by atoms with Crippen LogP contribution in [0.2, 0.25) is 0 Å². The Morgan fingerprint density at radius 2 is 1.82 bits per heavy atom. The van der Waals surface area contributed by atoms with Crippen LogP contribution in [0, 0.1) is 5.92 Å². The summed E-state index contributed by atoms with van der Waals surface area (Å²) in [4.78, 5) is 24.8. The number of para-hydroxylation sites is 1. The maximum absolute atomic E-state index is 12.4. The Morgan fingerprint density at radius 1 is 1.18 bits per heavy atom. The maximum Gasteiger partial charge on any atom is 0.323 e. The number of rotatable bonds is 8. The highest BCUT2D eigenvalue weighted by molar-refractivity contribution is 5.83. The number of ether oxygens (including phenoxy) is 1. The molecule has 1 rings (SSSR count). The Kier molecular flexibility index (Phi) is 6.89. The van der Waals surface area contributed by atoms with E-state index >= 15 is 0 Å². The van der Waals surface area contributed by atoms with Gasteiger partial charge in [-0.05, 0) is 25.8 Å². The molecule has 122 valence electrons. The zero-order chi connectivity index (χ0) is 16.7. The summed E-state index contributed by atoms with van der Waals surface area (Å²) in [7, 11) is 0. The van der Waals surface area contributed by atoms with Gasteiger partial charge in [0.25, 0.3) is 0 Å². The molecule has 1 N–H and O–H groups in total. The molecule has 0 unspecified atom stereocenters. The summed E-state index contributed by atoms with van der Waals surface area (Å²) in [5.41, 5.74) is 0.778. The highest BCUT2D eigenvalue weighted by Gasteiger charge is 2.19. The fourth-order valence-corrected chi connectivity index (χ4v) is 2.15. The molecule has 0 saturated carbocycles. The van der Waals surface area contributed by atoms with Gasteiger partial charge in [0.15, 0.2) is 0 Å². The van der Waals surface area contributed by atoms with Gasteiger partial charge in [-0.2, -0.15) is 0 Å². The fourth-order valence-electron chi connectivity index (χ4n) is 2.15. The van der Waals surface area contributed by atoms with E-state index in [4.69, 9.17) is 9.84 Å². The lowest BCUT2D eigenvalue weighted by molar-refractivity contribution is -0.144. The lowest BCUT2D eigenvalue weighted by Crippen LogP contribution is -2.39. The Hall–Kier alpha value is -2.04. The van der Waals surface area contributed by atoms with Gasteiger partial charge in [-0.15, -0.1) is 0 Å². The van der Waals surface area contributed by atoms with E-state index < -0.39 is 5.97 Å². The molecule has 0 aliphatic heterocycles. The predicted octanol–water partition coefficient (Wildman–Crippen LogP) is 2.59. The minimum Gasteiger partial charge on any atom is -0.491 e. The van der Waals surface area contributed by atoms with Crippen molar-refractivity contribution in [3.05, 3.63) is 29.8 Å². The Labute approximate surface area is 131 Å². The molecule has 1 amide bonds. The number of carboxylic acids is 1. The first kappa shape index (κ1) is 18.0. The summed E-state index contributed by atoms with van der Waals surface area (Å²) in [6.45, 7) is 7.92. The number of benzene rings is 1. The average molecular weight is 307 g/mol. The van der Waals surface area contributed by atoms with Crippen LogP contribution in [-0.2, 0) is 16.0 Å². The summed E-state index contributed by atoms with van der Waals surface area (Å²) in [5.74, 6) is -0.312. The Balaban J connectivity index is 2.86. The van der Waals surface area contributed by atoms with Crippen LogP contribution >= 0.6 is 0 Å². The van der Waals surface area contributed by atoms with Crippen LogP contribution in [0.1, 0.15) is 33.3 Å². The van der Waals surface area contributed by atoms with Crippen molar-refractivity contribution >= 4 is 11.9 Å². The van der Waals surface area contributed by atoms with E-state index in [9.17, 15) is 9.59 Å². The highest BCUT2D eigenvalue weighted by atomic mass is 16.5. The first-order chi connectivity index (χ1) is 10.3. The number of hydrogen-bond donors (Lipinski definition) is 1. The van der Waals surface area contributed by atoms with Gasteiger partial charge in [-0.25, -0.2) is 0 Å². The van der Waals surface area contributed by atoms with E-state index in [1.165, 1.54) is 4.90 Å². The van der Waals surface area contributed by atoms with Gasteiger partial charge in [0, 0.05) is 12.1 Å². The molecule has 0 heterocycles. The molecule has 0 radical (unpaired) electrons. The number of amides is 1. The number of aliphatic carboxylic acids is 1. The lowest BCUT2D eigenvalue weighted by atomic mass is 10.1. The van der Waals surface area contributed by atoms with Crippen molar-refractivity contribution in [3.8, 4) is 5.75 Å². The second-order valence-electron chi connectivity index (χ2n) is 6.01. The first-order valence-corrected chi connectivity index (χ1v) is 7.53. The molecule has 0 aromatic heterocycles. The van der Waals surface area contributed by atoms with Crippen LogP contribution in [0.15, 0.2) is 24.3 Å². The number of nitrogens with zero attached hydrogens (tertiary/aromatic N) is 1. The zero-order valence-electron chi connectivity index (χ0n) is 13.7. The summed E-state index contributed by atoms with van der Waals surface area (Å²) >= 11 is 0. The van der Waals surface area contributed by atoms with Gasteiger partial charge in [0.2, 0.25) is 5.91 Å². The van der Waals surface area contributed by atoms with E-state index in [1.807, 2.05) is 52.0 Å². The van der Waals surface area contributed by atoms with E-state index in [0.29, 0.717) is 12.3 Å². The lowest BCUT2D eigenvalue weighted by Gasteiger charge is -2.23. The SMILES string of the molecule is CC(C)CN(CC(=O)O)C(=O)Cc1ccccc1OC(C)C. The standard InChI is InChI=1S/C17H25NO4/c1-12(2)10-18(11-17(20)21)16(19)9-14-7-5-6-8-15(14)22-13(3)4/h5-8,12-13H,9-11H2,1-4H3,(H,20,21). The summed E-state index contributed by atoms with van der Waals surface area (Å²) in [6, 6.07) is 7.37. The molecule has 5 nitrogen and oxygen atoms in total. The monoisotopic (exact) mass is 307 g/mol. The van der Waals surface area contributed by atoms with Crippen molar-refractivity contribution < 1.29 is 19.4 Å². The van der Waals surface area contributed by atoms with Crippen LogP contribution in [0.25, 0.3) is 0 Å². The fraction of sp³-hybridized carbons (Fsp3) is 0.529. The minimum atomic E-state index is -0.999. The van der Waals surface area contributed by atoms with Gasteiger partial charge in [0.1, 0.15) is 12.3 Å². The molecular formula is C17H25NO4. The number of carboxylic acid groups (broad SMARTS) is 1. The molecule has 0 aliphatic carbocycles. The molecule has 0 spiro atoms. The summed E-state index contributed by atoms with van der Waals surface area (Å²) in [6.07, 6.45) is 0.158. The van der Waals surface area contributed by atoms with Gasteiger partial charge >= 0.3 is 5.97 Å². The smallest absolute Gasteiger partial charge is 0.323 e. The second-order valence-corrected chi connectivity index (χ2v) is 6.01. The average Bonchev–Trinajstić information content (AvgIpc) is 2.38. The van der Waals surface area contributed by atoms with Crippen molar-refractivity contribution in [2.24, 2.45) is 5.92 Å². The molecule has 5 heteroatoms. The largest absolute Gasteiger partial charge is 0.491 e. The van der Waals surface area contributed by atoms with Crippen molar-refractivity contribution in [1.82, 2.24) is 4.90 Å². The molecule has 22 heavy (non-hydrogen) atoms. The maximum atomic E-state index is 12.4. The second kappa shape index (κ2) is 8.41. The third-order valence-corrected chi connectivity index (χ3v) is 2.94. The Bertz CT molecular complexity index is 511. The molecule has 0 saturated heterocycles. The number of carbonyl (C=O) groups excluding carboxylic acids is 1. The van der Waals surface area contributed by atoms with Gasteiger partial charge in [0.05, 0.1) is 12.5 Å². The van der Waals surface area contributed by atoms with Gasteiger partial charge < -0.3 is 14.7 Å². The van der Waals surface area contributed by atoms with Crippen LogP contribution in [0.3, 0.4) is 0 Å². The topological polar surface area (TPSA) is 66.8 Å². The molecular weight excluding hydrogens is 282 g/mol. The summed E-state index contributed by atoms with van der Waals surface area (Å²) < 4.78 is 5.70. The third-order valence-electron chi connectivity index (χ3n) is 2.94. The van der Waals surface area contributed by atoms with Crippen molar-refractivity contribution in [1.29, 1.82) is 0 Å². The van der Waals surface area contributed by atoms with Crippen molar-refractivity contribution in [2.75, 3.05) is 13.1 Å².